The first-order valence-electron chi connectivity index (χ1n) is 8.33. The van der Waals surface area contributed by atoms with Crippen LogP contribution in [0.15, 0.2) is 30.3 Å². The molecule has 110 valence electrons. The van der Waals surface area contributed by atoms with E-state index in [1.165, 1.54) is 44.2 Å². The molecule has 1 heterocycles. The number of nitrogens with zero attached hydrogens (tertiary/aromatic N) is 1. The Kier molecular flexibility index (Phi) is 4.74. The van der Waals surface area contributed by atoms with E-state index < -0.39 is 0 Å². The largest absolute Gasteiger partial charge is 0.314 e. The predicted molar refractivity (Wildman–Crippen MR) is 84.9 cm³/mol. The first-order chi connectivity index (χ1) is 9.83. The average molecular weight is 272 g/mol. The van der Waals surface area contributed by atoms with Gasteiger partial charge in [-0.05, 0) is 30.7 Å². The molecule has 0 aromatic heterocycles. The van der Waals surface area contributed by atoms with Crippen LogP contribution < -0.4 is 5.32 Å². The maximum Gasteiger partial charge on any atom is 0.0264 e. The van der Waals surface area contributed by atoms with Gasteiger partial charge in [0.05, 0.1) is 0 Å². The fraction of sp³-hybridized carbons (Fsp3) is 0.667. The van der Waals surface area contributed by atoms with Gasteiger partial charge in [0, 0.05) is 31.7 Å². The van der Waals surface area contributed by atoms with E-state index in [0.29, 0.717) is 6.04 Å². The van der Waals surface area contributed by atoms with Crippen molar-refractivity contribution < 1.29 is 0 Å². The molecule has 2 fully saturated rings. The zero-order chi connectivity index (χ0) is 13.8. The van der Waals surface area contributed by atoms with Crippen molar-refractivity contribution in [2.75, 3.05) is 19.6 Å². The van der Waals surface area contributed by atoms with Crippen molar-refractivity contribution in [1.29, 1.82) is 0 Å². The minimum atomic E-state index is 0.682. The van der Waals surface area contributed by atoms with E-state index in [1.54, 1.807) is 0 Å². The molecule has 3 unspecified atom stereocenters. The van der Waals surface area contributed by atoms with Crippen molar-refractivity contribution >= 4 is 0 Å². The maximum absolute atomic E-state index is 3.59. The van der Waals surface area contributed by atoms with Crippen LogP contribution in [0.1, 0.15) is 38.2 Å². The smallest absolute Gasteiger partial charge is 0.0264 e. The highest BCUT2D eigenvalue weighted by atomic mass is 15.2. The summed E-state index contributed by atoms with van der Waals surface area (Å²) in [6.07, 6.45) is 6.87. The van der Waals surface area contributed by atoms with Crippen LogP contribution in [0.5, 0.6) is 0 Å². The summed E-state index contributed by atoms with van der Waals surface area (Å²) in [6, 6.07) is 12.5. The van der Waals surface area contributed by atoms with Gasteiger partial charge >= 0.3 is 0 Å². The summed E-state index contributed by atoms with van der Waals surface area (Å²) in [4.78, 5) is 2.82. The molecule has 1 saturated carbocycles. The van der Waals surface area contributed by atoms with E-state index in [0.717, 1.165) is 25.0 Å². The van der Waals surface area contributed by atoms with Gasteiger partial charge in [0.2, 0.25) is 0 Å². The van der Waals surface area contributed by atoms with Gasteiger partial charge in [-0.2, -0.15) is 0 Å². The van der Waals surface area contributed by atoms with Crippen molar-refractivity contribution in [3.05, 3.63) is 35.9 Å². The van der Waals surface area contributed by atoms with Crippen LogP contribution in [0.25, 0.3) is 0 Å². The maximum atomic E-state index is 3.59. The number of benzene rings is 1. The van der Waals surface area contributed by atoms with Crippen LogP contribution in [0.3, 0.4) is 0 Å². The molecule has 0 bridgehead atoms. The Morgan fingerprint density at radius 1 is 1.20 bits per heavy atom. The molecule has 1 aliphatic heterocycles. The van der Waals surface area contributed by atoms with Crippen molar-refractivity contribution in [2.24, 2.45) is 5.92 Å². The lowest BCUT2D eigenvalue weighted by Crippen LogP contribution is -2.56. The molecule has 0 amide bonds. The SMILES string of the molecule is CC1CCCC(N2CCNCC2Cc2ccccc2)C1. The summed E-state index contributed by atoms with van der Waals surface area (Å²) < 4.78 is 0. The number of rotatable bonds is 3. The lowest BCUT2D eigenvalue weighted by Gasteiger charge is -2.44. The van der Waals surface area contributed by atoms with Gasteiger partial charge in [-0.15, -0.1) is 0 Å². The van der Waals surface area contributed by atoms with Crippen LogP contribution in [0.4, 0.5) is 0 Å². The Balaban J connectivity index is 1.67. The van der Waals surface area contributed by atoms with Crippen molar-refractivity contribution in [1.82, 2.24) is 10.2 Å². The topological polar surface area (TPSA) is 15.3 Å². The molecule has 1 aromatic rings. The van der Waals surface area contributed by atoms with Gasteiger partial charge < -0.3 is 5.32 Å². The van der Waals surface area contributed by atoms with Crippen LogP contribution in [-0.4, -0.2) is 36.6 Å². The molecule has 2 heteroatoms. The fourth-order valence-corrected chi connectivity index (χ4v) is 4.04. The summed E-state index contributed by atoms with van der Waals surface area (Å²) in [5, 5.41) is 3.59. The molecule has 1 aromatic carbocycles. The second-order valence-electron chi connectivity index (χ2n) is 6.71. The molecule has 1 N–H and O–H groups in total. The second kappa shape index (κ2) is 6.73. The Hall–Kier alpha value is -0.860. The molecule has 0 radical (unpaired) electrons. The third-order valence-electron chi connectivity index (χ3n) is 5.09. The third kappa shape index (κ3) is 3.42. The lowest BCUT2D eigenvalue weighted by atomic mass is 9.85. The Bertz CT molecular complexity index is 403. The van der Waals surface area contributed by atoms with E-state index in [2.05, 4.69) is 47.5 Å². The van der Waals surface area contributed by atoms with Crippen LogP contribution >= 0.6 is 0 Å². The Morgan fingerprint density at radius 2 is 2.05 bits per heavy atom. The Morgan fingerprint density at radius 3 is 2.85 bits per heavy atom. The van der Waals surface area contributed by atoms with E-state index in [4.69, 9.17) is 0 Å². The fourth-order valence-electron chi connectivity index (χ4n) is 4.04. The molecule has 2 nitrogen and oxygen atoms in total. The Labute approximate surface area is 123 Å². The highest BCUT2D eigenvalue weighted by Crippen LogP contribution is 2.29. The summed E-state index contributed by atoms with van der Waals surface area (Å²) >= 11 is 0. The van der Waals surface area contributed by atoms with Crippen LogP contribution in [0.2, 0.25) is 0 Å². The van der Waals surface area contributed by atoms with E-state index in [9.17, 15) is 0 Å². The standard InChI is InChI=1S/C18H28N2/c1-15-6-5-9-17(12-15)20-11-10-19-14-18(20)13-16-7-3-2-4-8-16/h2-4,7-8,15,17-19H,5-6,9-14H2,1H3. The molecule has 1 saturated heterocycles. The quantitative estimate of drug-likeness (QED) is 0.909. The summed E-state index contributed by atoms with van der Waals surface area (Å²) in [7, 11) is 0. The van der Waals surface area contributed by atoms with Crippen molar-refractivity contribution in [2.45, 2.75) is 51.1 Å². The molecule has 20 heavy (non-hydrogen) atoms. The third-order valence-corrected chi connectivity index (χ3v) is 5.09. The molecule has 0 spiro atoms. The number of piperazine rings is 1. The number of hydrogen-bond donors (Lipinski definition) is 1. The first-order valence-corrected chi connectivity index (χ1v) is 8.33. The molecule has 2 aliphatic rings. The lowest BCUT2D eigenvalue weighted by molar-refractivity contribution is 0.0695. The van der Waals surface area contributed by atoms with Gasteiger partial charge in [0.15, 0.2) is 0 Å². The van der Waals surface area contributed by atoms with Crippen LogP contribution in [-0.2, 0) is 6.42 Å². The molecule has 3 atom stereocenters. The van der Waals surface area contributed by atoms with E-state index in [1.807, 2.05) is 0 Å². The summed E-state index contributed by atoms with van der Waals surface area (Å²) in [5.41, 5.74) is 1.48. The first kappa shape index (κ1) is 14.1. The minimum Gasteiger partial charge on any atom is -0.314 e. The zero-order valence-electron chi connectivity index (χ0n) is 12.7. The normalized spacial score (nSPS) is 32.1. The predicted octanol–water partition coefficient (Wildman–Crippen LogP) is 3.08. The molecule has 1 aliphatic carbocycles. The van der Waals surface area contributed by atoms with E-state index >= 15 is 0 Å². The van der Waals surface area contributed by atoms with Gasteiger partial charge in [0.25, 0.3) is 0 Å². The van der Waals surface area contributed by atoms with Gasteiger partial charge in [-0.3, -0.25) is 4.90 Å². The molecular formula is C18H28N2. The average Bonchev–Trinajstić information content (AvgIpc) is 2.49. The van der Waals surface area contributed by atoms with E-state index in [-0.39, 0.29) is 0 Å². The van der Waals surface area contributed by atoms with Gasteiger partial charge in [0.1, 0.15) is 0 Å². The monoisotopic (exact) mass is 272 g/mol. The van der Waals surface area contributed by atoms with Crippen LogP contribution in [0, 0.1) is 5.92 Å². The highest BCUT2D eigenvalue weighted by Gasteiger charge is 2.31. The minimum absolute atomic E-state index is 0.682. The zero-order valence-corrected chi connectivity index (χ0v) is 12.7. The summed E-state index contributed by atoms with van der Waals surface area (Å²) in [5.74, 6) is 0.918. The summed E-state index contributed by atoms with van der Waals surface area (Å²) in [6.45, 7) is 5.98. The van der Waals surface area contributed by atoms with Gasteiger partial charge in [-0.25, -0.2) is 0 Å². The highest BCUT2D eigenvalue weighted by molar-refractivity contribution is 5.16. The van der Waals surface area contributed by atoms with Crippen molar-refractivity contribution in [3.8, 4) is 0 Å². The number of nitrogens with one attached hydrogen (secondary N) is 1. The molecular weight excluding hydrogens is 244 g/mol. The van der Waals surface area contributed by atoms with Crippen molar-refractivity contribution in [3.63, 3.8) is 0 Å². The second-order valence-corrected chi connectivity index (χ2v) is 6.71. The van der Waals surface area contributed by atoms with Gasteiger partial charge in [-0.1, -0.05) is 50.1 Å². The number of hydrogen-bond acceptors (Lipinski definition) is 2. The molecule has 3 rings (SSSR count).